The van der Waals surface area contributed by atoms with Gasteiger partial charge >= 0.3 is 12.1 Å². The van der Waals surface area contributed by atoms with Gasteiger partial charge in [0.05, 0.1) is 25.4 Å². The Balaban J connectivity index is 1.87. The van der Waals surface area contributed by atoms with Crippen LogP contribution in [-0.2, 0) is 27.1 Å². The summed E-state index contributed by atoms with van der Waals surface area (Å²) in [5.74, 6) is -0.524. The van der Waals surface area contributed by atoms with Crippen molar-refractivity contribution in [1.29, 1.82) is 0 Å². The topological polar surface area (TPSA) is 57.7 Å². The zero-order chi connectivity index (χ0) is 20.3. The number of rotatable bonds is 7. The molecular weight excluding hydrogens is 395 g/mol. The van der Waals surface area contributed by atoms with Crippen LogP contribution in [0.1, 0.15) is 39.8 Å². The predicted molar refractivity (Wildman–Crippen MR) is 96.9 cm³/mol. The smallest absolute Gasteiger partial charge is 0.443 e. The van der Waals surface area contributed by atoms with Crippen LogP contribution in [0.3, 0.4) is 0 Å². The number of thiazole rings is 1. The molecule has 0 amide bonds. The van der Waals surface area contributed by atoms with E-state index >= 15 is 0 Å². The largest absolute Gasteiger partial charge is 0.503 e. The van der Waals surface area contributed by atoms with Gasteiger partial charge in [0.1, 0.15) is 12.2 Å². The first-order chi connectivity index (χ1) is 13.3. The molecule has 1 saturated carbocycles. The van der Waals surface area contributed by atoms with Gasteiger partial charge in [0.15, 0.2) is 0 Å². The molecule has 0 radical (unpaired) electrons. The molecule has 0 bridgehead atoms. The SMILES string of the molecule is COC=C(C(=O)OC)c1ccccc1COc1nc(C(F)(F)F)sc1C1CC1. The molecule has 1 aromatic heterocycles. The summed E-state index contributed by atoms with van der Waals surface area (Å²) in [6.07, 6.45) is -1.59. The lowest BCUT2D eigenvalue weighted by atomic mass is 10.0. The Morgan fingerprint density at radius 3 is 2.61 bits per heavy atom. The first kappa shape index (κ1) is 20.2. The molecule has 0 spiro atoms. The molecule has 0 saturated heterocycles. The molecule has 1 aliphatic rings. The fourth-order valence-corrected chi connectivity index (χ4v) is 3.70. The third-order valence-electron chi connectivity index (χ3n) is 4.12. The summed E-state index contributed by atoms with van der Waals surface area (Å²) in [5.41, 5.74) is 1.29. The number of halogens is 3. The number of nitrogens with zero attached hydrogens (tertiary/aromatic N) is 1. The van der Waals surface area contributed by atoms with E-state index in [0.717, 1.165) is 12.8 Å². The fraction of sp³-hybridized carbons (Fsp3) is 0.368. The number of carbonyl (C=O) groups is 1. The minimum absolute atomic E-state index is 0.00460. The Kier molecular flexibility index (Phi) is 5.93. The second kappa shape index (κ2) is 8.22. The van der Waals surface area contributed by atoms with E-state index < -0.39 is 17.2 Å². The van der Waals surface area contributed by atoms with Gasteiger partial charge in [0, 0.05) is 0 Å². The maximum atomic E-state index is 13.0. The first-order valence-electron chi connectivity index (χ1n) is 8.45. The van der Waals surface area contributed by atoms with E-state index in [1.807, 2.05) is 0 Å². The number of carbonyl (C=O) groups excluding carboxylic acids is 1. The van der Waals surface area contributed by atoms with E-state index in [1.54, 1.807) is 24.3 Å². The molecule has 0 atom stereocenters. The Morgan fingerprint density at radius 1 is 1.29 bits per heavy atom. The second-order valence-electron chi connectivity index (χ2n) is 6.17. The highest BCUT2D eigenvalue weighted by atomic mass is 32.1. The molecule has 1 heterocycles. The summed E-state index contributed by atoms with van der Waals surface area (Å²) in [6.45, 7) is -0.0467. The number of hydrogen-bond donors (Lipinski definition) is 0. The molecular formula is C19H18F3NO4S. The van der Waals surface area contributed by atoms with Crippen LogP contribution in [0.2, 0.25) is 0 Å². The van der Waals surface area contributed by atoms with Gasteiger partial charge < -0.3 is 14.2 Å². The third-order valence-corrected chi connectivity index (χ3v) is 5.37. The maximum Gasteiger partial charge on any atom is 0.443 e. The van der Waals surface area contributed by atoms with Gasteiger partial charge in [0.2, 0.25) is 10.9 Å². The monoisotopic (exact) mass is 413 g/mol. The summed E-state index contributed by atoms with van der Waals surface area (Å²) >= 11 is 0.633. The van der Waals surface area contributed by atoms with Crippen LogP contribution in [0.25, 0.3) is 5.57 Å². The van der Waals surface area contributed by atoms with Crippen LogP contribution in [0.5, 0.6) is 5.88 Å². The van der Waals surface area contributed by atoms with Crippen LogP contribution < -0.4 is 4.74 Å². The average molecular weight is 413 g/mol. The molecule has 0 N–H and O–H groups in total. The standard InChI is InChI=1S/C19H18F3NO4S/c1-25-10-14(17(24)26-2)13-6-4-3-5-12(13)9-27-16-15(11-7-8-11)28-18(23-16)19(20,21)22/h3-6,10-11H,7-9H2,1-2H3. The highest BCUT2D eigenvalue weighted by Gasteiger charge is 2.39. The van der Waals surface area contributed by atoms with Crippen molar-refractivity contribution < 1.29 is 32.2 Å². The van der Waals surface area contributed by atoms with Crippen LogP contribution in [0.4, 0.5) is 13.2 Å². The second-order valence-corrected chi connectivity index (χ2v) is 7.20. The van der Waals surface area contributed by atoms with E-state index in [1.165, 1.54) is 20.5 Å². The molecule has 1 fully saturated rings. The lowest BCUT2D eigenvalue weighted by Crippen LogP contribution is -2.09. The molecule has 5 nitrogen and oxygen atoms in total. The Bertz CT molecular complexity index is 888. The van der Waals surface area contributed by atoms with E-state index in [-0.39, 0.29) is 24.0 Å². The highest BCUT2D eigenvalue weighted by Crippen LogP contribution is 2.49. The lowest BCUT2D eigenvalue weighted by Gasteiger charge is -2.12. The fourth-order valence-electron chi connectivity index (χ4n) is 2.65. The van der Waals surface area contributed by atoms with Crippen LogP contribution in [-0.4, -0.2) is 25.2 Å². The number of methoxy groups -OCH3 is 2. The van der Waals surface area contributed by atoms with Crippen molar-refractivity contribution in [2.45, 2.75) is 31.5 Å². The predicted octanol–water partition coefficient (Wildman–Crippen LogP) is 4.78. The van der Waals surface area contributed by atoms with Crippen molar-refractivity contribution in [3.05, 3.63) is 51.5 Å². The Morgan fingerprint density at radius 2 is 2.00 bits per heavy atom. The molecule has 1 aliphatic carbocycles. The van der Waals surface area contributed by atoms with Gasteiger partial charge in [-0.1, -0.05) is 24.3 Å². The summed E-state index contributed by atoms with van der Waals surface area (Å²) in [6, 6.07) is 6.87. The molecule has 1 aromatic carbocycles. The summed E-state index contributed by atoms with van der Waals surface area (Å²) in [7, 11) is 2.65. The zero-order valence-corrected chi connectivity index (χ0v) is 16.0. The highest BCUT2D eigenvalue weighted by molar-refractivity contribution is 7.12. The van der Waals surface area contributed by atoms with Crippen molar-refractivity contribution in [3.8, 4) is 5.88 Å². The summed E-state index contributed by atoms with van der Waals surface area (Å²) < 4.78 is 54.5. The molecule has 9 heteroatoms. The van der Waals surface area contributed by atoms with Crippen molar-refractivity contribution >= 4 is 22.9 Å². The first-order valence-corrected chi connectivity index (χ1v) is 9.27. The maximum absolute atomic E-state index is 13.0. The van der Waals surface area contributed by atoms with E-state index in [4.69, 9.17) is 14.2 Å². The third kappa shape index (κ3) is 4.46. The normalized spacial score (nSPS) is 14.7. The van der Waals surface area contributed by atoms with Gasteiger partial charge in [-0.25, -0.2) is 4.79 Å². The Hall–Kier alpha value is -2.55. The minimum Gasteiger partial charge on any atom is -0.503 e. The van der Waals surface area contributed by atoms with Crippen molar-refractivity contribution in [1.82, 2.24) is 4.98 Å². The number of hydrogen-bond acceptors (Lipinski definition) is 6. The summed E-state index contributed by atoms with van der Waals surface area (Å²) in [5, 5.41) is -0.910. The zero-order valence-electron chi connectivity index (χ0n) is 15.2. The van der Waals surface area contributed by atoms with Crippen molar-refractivity contribution in [2.75, 3.05) is 14.2 Å². The number of alkyl halides is 3. The number of benzene rings is 1. The molecule has 0 aliphatic heterocycles. The quantitative estimate of drug-likeness (QED) is 0.372. The van der Waals surface area contributed by atoms with E-state index in [2.05, 4.69) is 4.98 Å². The average Bonchev–Trinajstić information content (AvgIpc) is 3.42. The van der Waals surface area contributed by atoms with Crippen LogP contribution in [0, 0.1) is 0 Å². The minimum atomic E-state index is -4.51. The van der Waals surface area contributed by atoms with Crippen LogP contribution in [0.15, 0.2) is 30.5 Å². The van der Waals surface area contributed by atoms with Gasteiger partial charge in [-0.2, -0.15) is 18.2 Å². The number of esters is 1. The van der Waals surface area contributed by atoms with Crippen molar-refractivity contribution in [2.24, 2.45) is 0 Å². The molecule has 2 aromatic rings. The van der Waals surface area contributed by atoms with E-state index in [0.29, 0.717) is 27.3 Å². The Labute approximate surface area is 163 Å². The van der Waals surface area contributed by atoms with E-state index in [9.17, 15) is 18.0 Å². The number of aromatic nitrogens is 1. The molecule has 28 heavy (non-hydrogen) atoms. The van der Waals surface area contributed by atoms with Gasteiger partial charge in [0.25, 0.3) is 0 Å². The van der Waals surface area contributed by atoms with Crippen LogP contribution >= 0.6 is 11.3 Å². The summed E-state index contributed by atoms with van der Waals surface area (Å²) in [4.78, 5) is 16.2. The molecule has 150 valence electrons. The lowest BCUT2D eigenvalue weighted by molar-refractivity contribution is -0.138. The molecule has 3 rings (SSSR count). The number of ether oxygens (including phenoxy) is 3. The molecule has 0 unspecified atom stereocenters. The van der Waals surface area contributed by atoms with Gasteiger partial charge in [-0.15, -0.1) is 11.3 Å². The van der Waals surface area contributed by atoms with Gasteiger partial charge in [-0.3, -0.25) is 0 Å². The van der Waals surface area contributed by atoms with Gasteiger partial charge in [-0.05, 0) is 29.9 Å². The van der Waals surface area contributed by atoms with Crippen molar-refractivity contribution in [3.63, 3.8) is 0 Å².